The number of benzene rings is 2. The van der Waals surface area contributed by atoms with E-state index in [2.05, 4.69) is 20.7 Å². The number of carbonyl (C=O) groups excluding carboxylic acids is 3. The Balaban J connectivity index is 2.18. The Labute approximate surface area is 138 Å². The van der Waals surface area contributed by atoms with E-state index in [1.54, 1.807) is 12.1 Å². The molecule has 0 saturated carbocycles. The lowest BCUT2D eigenvalue weighted by Gasteiger charge is -2.16. The van der Waals surface area contributed by atoms with Gasteiger partial charge in [0.2, 0.25) is 0 Å². The fraction of sp³-hybridized carbons (Fsp3) is 0.0625. The summed E-state index contributed by atoms with van der Waals surface area (Å²) in [6.45, 7) is 0. The molecule has 5 nitrogen and oxygen atoms in total. The third-order valence-corrected chi connectivity index (χ3v) is 3.92. The van der Waals surface area contributed by atoms with E-state index in [-0.39, 0.29) is 22.4 Å². The zero-order valence-corrected chi connectivity index (χ0v) is 13.4. The number of nitrogens with zero attached hydrogens (tertiary/aromatic N) is 1. The van der Waals surface area contributed by atoms with Crippen LogP contribution in [-0.4, -0.2) is 24.9 Å². The summed E-state index contributed by atoms with van der Waals surface area (Å²) in [6, 6.07) is 8.71. The number of hydrogen-bond acceptors (Lipinski definition) is 4. The average Bonchev–Trinajstić information content (AvgIpc) is 2.80. The zero-order chi connectivity index (χ0) is 16.7. The molecule has 0 unspecified atom stereocenters. The van der Waals surface area contributed by atoms with Gasteiger partial charge in [0.05, 0.1) is 29.5 Å². The second-order valence-electron chi connectivity index (χ2n) is 4.77. The van der Waals surface area contributed by atoms with Crippen molar-refractivity contribution in [3.8, 4) is 0 Å². The number of amides is 2. The van der Waals surface area contributed by atoms with Gasteiger partial charge in [0.15, 0.2) is 5.82 Å². The van der Waals surface area contributed by atoms with Crippen molar-refractivity contribution in [3.05, 3.63) is 63.4 Å². The van der Waals surface area contributed by atoms with Crippen LogP contribution in [0.15, 0.2) is 40.9 Å². The SMILES string of the molecule is COC(=O)c1cc(Br)cc(N2C(=O)c3ccccc3C2=O)c1F. The van der Waals surface area contributed by atoms with Crippen molar-refractivity contribution in [2.45, 2.75) is 0 Å². The summed E-state index contributed by atoms with van der Waals surface area (Å²) >= 11 is 3.14. The summed E-state index contributed by atoms with van der Waals surface area (Å²) < 4.78 is 19.5. The van der Waals surface area contributed by atoms with Crippen molar-refractivity contribution in [2.24, 2.45) is 0 Å². The first-order valence-electron chi connectivity index (χ1n) is 6.51. The fourth-order valence-corrected chi connectivity index (χ4v) is 2.85. The Hall–Kier alpha value is -2.54. The van der Waals surface area contributed by atoms with Crippen LogP contribution in [0, 0.1) is 5.82 Å². The largest absolute Gasteiger partial charge is 0.465 e. The van der Waals surface area contributed by atoms with E-state index >= 15 is 0 Å². The van der Waals surface area contributed by atoms with Gasteiger partial charge in [0, 0.05) is 4.47 Å². The number of esters is 1. The molecule has 116 valence electrons. The maximum Gasteiger partial charge on any atom is 0.340 e. The van der Waals surface area contributed by atoms with E-state index < -0.39 is 23.6 Å². The van der Waals surface area contributed by atoms with Crippen molar-refractivity contribution < 1.29 is 23.5 Å². The van der Waals surface area contributed by atoms with Crippen LogP contribution in [0.2, 0.25) is 0 Å². The monoisotopic (exact) mass is 377 g/mol. The molecule has 0 saturated heterocycles. The highest BCUT2D eigenvalue weighted by Crippen LogP contribution is 2.33. The lowest BCUT2D eigenvalue weighted by atomic mass is 10.1. The number of fused-ring (bicyclic) bond motifs is 1. The number of imide groups is 1. The van der Waals surface area contributed by atoms with Crippen molar-refractivity contribution in [2.75, 3.05) is 12.0 Å². The minimum absolute atomic E-state index is 0.191. The maximum absolute atomic E-state index is 14.6. The van der Waals surface area contributed by atoms with Crippen LogP contribution >= 0.6 is 15.9 Å². The lowest BCUT2D eigenvalue weighted by Crippen LogP contribution is -2.30. The van der Waals surface area contributed by atoms with Gasteiger partial charge in [-0.2, -0.15) is 0 Å². The minimum atomic E-state index is -0.991. The predicted molar refractivity (Wildman–Crippen MR) is 83.0 cm³/mol. The van der Waals surface area contributed by atoms with Gasteiger partial charge in [0.25, 0.3) is 11.8 Å². The van der Waals surface area contributed by atoms with Gasteiger partial charge in [-0.3, -0.25) is 9.59 Å². The number of halogens is 2. The Morgan fingerprint density at radius 3 is 2.22 bits per heavy atom. The fourth-order valence-electron chi connectivity index (χ4n) is 2.40. The highest BCUT2D eigenvalue weighted by Gasteiger charge is 2.38. The van der Waals surface area contributed by atoms with Gasteiger partial charge in [0.1, 0.15) is 0 Å². The van der Waals surface area contributed by atoms with E-state index in [1.807, 2.05) is 0 Å². The van der Waals surface area contributed by atoms with Crippen LogP contribution in [-0.2, 0) is 4.74 Å². The normalized spacial score (nSPS) is 13.3. The quantitative estimate of drug-likeness (QED) is 0.595. The summed E-state index contributed by atoms with van der Waals surface area (Å²) in [5.74, 6) is -3.17. The molecule has 0 aromatic heterocycles. The van der Waals surface area contributed by atoms with Crippen LogP contribution < -0.4 is 4.90 Å². The molecule has 0 fully saturated rings. The number of carbonyl (C=O) groups is 3. The van der Waals surface area contributed by atoms with Crippen LogP contribution in [0.4, 0.5) is 10.1 Å². The first-order valence-corrected chi connectivity index (χ1v) is 7.30. The number of ether oxygens (including phenoxy) is 1. The predicted octanol–water partition coefficient (Wildman–Crippen LogP) is 3.18. The van der Waals surface area contributed by atoms with Gasteiger partial charge in [-0.05, 0) is 24.3 Å². The Morgan fingerprint density at radius 2 is 1.70 bits per heavy atom. The Morgan fingerprint density at radius 1 is 1.13 bits per heavy atom. The van der Waals surface area contributed by atoms with Crippen molar-refractivity contribution in [1.29, 1.82) is 0 Å². The van der Waals surface area contributed by atoms with E-state index in [9.17, 15) is 18.8 Å². The van der Waals surface area contributed by atoms with Gasteiger partial charge < -0.3 is 4.74 Å². The highest BCUT2D eigenvalue weighted by atomic mass is 79.9. The second-order valence-corrected chi connectivity index (χ2v) is 5.69. The molecule has 0 spiro atoms. The molecule has 0 radical (unpaired) electrons. The van der Waals surface area contributed by atoms with E-state index in [0.29, 0.717) is 4.47 Å². The van der Waals surface area contributed by atoms with Crippen molar-refractivity contribution >= 4 is 39.4 Å². The maximum atomic E-state index is 14.6. The lowest BCUT2D eigenvalue weighted by molar-refractivity contribution is 0.0594. The summed E-state index contributed by atoms with van der Waals surface area (Å²) in [5.41, 5.74) is -0.285. The van der Waals surface area contributed by atoms with Gasteiger partial charge >= 0.3 is 5.97 Å². The summed E-state index contributed by atoms with van der Waals surface area (Å²) in [5, 5.41) is 0. The number of anilines is 1. The molecular formula is C16H9BrFNO4. The van der Waals surface area contributed by atoms with Crippen LogP contribution in [0.1, 0.15) is 31.1 Å². The third-order valence-electron chi connectivity index (χ3n) is 3.46. The molecule has 0 atom stereocenters. The molecule has 1 aliphatic rings. The highest BCUT2D eigenvalue weighted by molar-refractivity contribution is 9.10. The molecule has 0 aliphatic carbocycles. The summed E-state index contributed by atoms with van der Waals surface area (Å²) in [7, 11) is 1.12. The van der Waals surface area contributed by atoms with Crippen LogP contribution in [0.25, 0.3) is 0 Å². The molecule has 0 N–H and O–H groups in total. The van der Waals surface area contributed by atoms with Gasteiger partial charge in [-0.1, -0.05) is 28.1 Å². The first-order chi connectivity index (χ1) is 11.0. The smallest absolute Gasteiger partial charge is 0.340 e. The molecule has 0 bridgehead atoms. The van der Waals surface area contributed by atoms with Crippen LogP contribution in [0.5, 0.6) is 0 Å². The van der Waals surface area contributed by atoms with E-state index in [4.69, 9.17) is 0 Å². The number of rotatable bonds is 2. The standard InChI is InChI=1S/C16H9BrFNO4/c1-23-16(22)11-6-8(17)7-12(13(11)18)19-14(20)9-4-2-3-5-10(9)15(19)21/h2-7H,1H3. The molecule has 3 rings (SSSR count). The Bertz CT molecular complexity index is 830. The van der Waals surface area contributed by atoms with Crippen LogP contribution in [0.3, 0.4) is 0 Å². The number of methoxy groups -OCH3 is 1. The van der Waals surface area contributed by atoms with E-state index in [0.717, 1.165) is 12.0 Å². The molecule has 7 heteroatoms. The molecule has 23 heavy (non-hydrogen) atoms. The molecule has 2 aromatic carbocycles. The summed E-state index contributed by atoms with van der Waals surface area (Å²) in [6.07, 6.45) is 0. The molecule has 1 aliphatic heterocycles. The minimum Gasteiger partial charge on any atom is -0.465 e. The second kappa shape index (κ2) is 5.58. The average molecular weight is 378 g/mol. The van der Waals surface area contributed by atoms with Gasteiger partial charge in [-0.25, -0.2) is 14.1 Å². The van der Waals surface area contributed by atoms with E-state index in [1.165, 1.54) is 24.3 Å². The van der Waals surface area contributed by atoms with Gasteiger partial charge in [-0.15, -0.1) is 0 Å². The zero-order valence-electron chi connectivity index (χ0n) is 11.8. The molecular weight excluding hydrogens is 369 g/mol. The Kier molecular flexibility index (Phi) is 3.73. The number of hydrogen-bond donors (Lipinski definition) is 0. The molecule has 1 heterocycles. The third kappa shape index (κ3) is 2.33. The molecule has 2 aromatic rings. The summed E-state index contributed by atoms with van der Waals surface area (Å²) in [4.78, 5) is 37.2. The first kappa shape index (κ1) is 15.4. The van der Waals surface area contributed by atoms with Crippen molar-refractivity contribution in [3.63, 3.8) is 0 Å². The van der Waals surface area contributed by atoms with Crippen molar-refractivity contribution in [1.82, 2.24) is 0 Å². The topological polar surface area (TPSA) is 63.7 Å². The molecule has 2 amide bonds.